The summed E-state index contributed by atoms with van der Waals surface area (Å²) in [5.41, 5.74) is 0. The van der Waals surface area contributed by atoms with Gasteiger partial charge in [-0.25, -0.2) is 0 Å². The maximum Gasteiger partial charge on any atom is 0.306 e. The number of ether oxygens (including phenoxy) is 3. The first-order valence-corrected chi connectivity index (χ1v) is 35.6. The molecule has 0 N–H and O–H groups in total. The summed E-state index contributed by atoms with van der Waals surface area (Å²) in [5.74, 6) is -0.859. The van der Waals surface area contributed by atoms with Gasteiger partial charge in [-0.3, -0.25) is 14.4 Å². The number of hydrogen-bond acceptors (Lipinski definition) is 6. The number of esters is 3. The highest BCUT2D eigenvalue weighted by Gasteiger charge is 2.19. The van der Waals surface area contributed by atoms with Gasteiger partial charge >= 0.3 is 17.9 Å². The van der Waals surface area contributed by atoms with Crippen LogP contribution in [0.2, 0.25) is 0 Å². The Bertz CT molecular complexity index is 1550. The zero-order chi connectivity index (χ0) is 59.2. The van der Waals surface area contributed by atoms with E-state index in [2.05, 4.69) is 106 Å². The molecule has 6 heteroatoms. The van der Waals surface area contributed by atoms with E-state index >= 15 is 0 Å². The molecule has 0 aromatic carbocycles. The fourth-order valence-electron chi connectivity index (χ4n) is 10.3. The van der Waals surface area contributed by atoms with Crippen LogP contribution in [0, 0.1) is 0 Å². The van der Waals surface area contributed by atoms with E-state index in [-0.39, 0.29) is 31.1 Å². The third kappa shape index (κ3) is 67.4. The Hall–Kier alpha value is -3.41. The van der Waals surface area contributed by atoms with Gasteiger partial charge in [0.25, 0.3) is 0 Å². The summed E-state index contributed by atoms with van der Waals surface area (Å²) < 4.78 is 16.9. The second kappa shape index (κ2) is 70.1. The van der Waals surface area contributed by atoms with Crippen LogP contribution in [0.1, 0.15) is 361 Å². The third-order valence-electron chi connectivity index (χ3n) is 15.6. The lowest BCUT2D eigenvalue weighted by Crippen LogP contribution is -2.30. The normalized spacial score (nSPS) is 12.6. The van der Waals surface area contributed by atoms with E-state index in [0.29, 0.717) is 19.3 Å². The largest absolute Gasteiger partial charge is 0.462 e. The maximum atomic E-state index is 12.9. The van der Waals surface area contributed by atoms with E-state index in [1.165, 1.54) is 225 Å². The molecule has 1 atom stereocenters. The van der Waals surface area contributed by atoms with Crippen molar-refractivity contribution in [3.05, 3.63) is 85.1 Å². The van der Waals surface area contributed by atoms with Crippen LogP contribution in [0.3, 0.4) is 0 Å². The first kappa shape index (κ1) is 78.6. The van der Waals surface area contributed by atoms with Gasteiger partial charge in [0, 0.05) is 19.3 Å². The molecule has 1 unspecified atom stereocenters. The molecule has 0 rings (SSSR count). The molecule has 0 bridgehead atoms. The summed E-state index contributed by atoms with van der Waals surface area (Å²) in [6.07, 6.45) is 93.5. The molecule has 82 heavy (non-hydrogen) atoms. The lowest BCUT2D eigenvalue weighted by molar-refractivity contribution is -0.167. The lowest BCUT2D eigenvalue weighted by atomic mass is 10.0. The summed E-state index contributed by atoms with van der Waals surface area (Å²) in [5, 5.41) is 0. The van der Waals surface area contributed by atoms with Gasteiger partial charge in [0.1, 0.15) is 13.2 Å². The zero-order valence-electron chi connectivity index (χ0n) is 54.5. The van der Waals surface area contributed by atoms with Crippen molar-refractivity contribution in [2.45, 2.75) is 367 Å². The highest BCUT2D eigenvalue weighted by Crippen LogP contribution is 2.18. The van der Waals surface area contributed by atoms with Crippen molar-refractivity contribution in [3.63, 3.8) is 0 Å². The van der Waals surface area contributed by atoms with E-state index in [1.54, 1.807) is 0 Å². The number of carbonyl (C=O) groups excluding carboxylic acids is 3. The Kier molecular flexibility index (Phi) is 67.2. The standard InChI is InChI=1S/C76H134O6/c1-4-7-10-13-16-19-21-23-25-27-29-31-33-34-35-36-37-38-39-40-41-42-44-45-47-49-51-53-55-57-60-63-66-69-75(78)81-72-73(71-80-74(77)68-65-62-59-18-15-12-9-6-3)82-76(79)70-67-64-61-58-56-54-52-50-48-46-43-32-30-28-26-24-22-20-17-14-11-8-5-2/h7,10,16,19,22-25,28-31,34-35,73H,4-6,8-9,11-15,17-18,20-21,26-27,32-33,36-72H2,1-3H3/b10-7-,19-16-,24-22-,25-23-,30-28-,31-29-,35-34-. The average Bonchev–Trinajstić information content (AvgIpc) is 3.47. The van der Waals surface area contributed by atoms with Gasteiger partial charge in [-0.05, 0) is 96.3 Å². The second-order valence-corrected chi connectivity index (χ2v) is 23.8. The highest BCUT2D eigenvalue weighted by molar-refractivity contribution is 5.71. The number of unbranched alkanes of at least 4 members (excludes halogenated alkanes) is 40. The van der Waals surface area contributed by atoms with Crippen molar-refractivity contribution in [1.29, 1.82) is 0 Å². The fourth-order valence-corrected chi connectivity index (χ4v) is 10.3. The van der Waals surface area contributed by atoms with Crippen molar-refractivity contribution >= 4 is 17.9 Å². The first-order valence-electron chi connectivity index (χ1n) is 35.6. The van der Waals surface area contributed by atoms with Crippen LogP contribution in [-0.4, -0.2) is 37.2 Å². The monoisotopic (exact) mass is 1140 g/mol. The molecule has 0 spiro atoms. The van der Waals surface area contributed by atoms with E-state index in [4.69, 9.17) is 14.2 Å². The molecule has 0 aliphatic heterocycles. The van der Waals surface area contributed by atoms with Crippen molar-refractivity contribution in [2.75, 3.05) is 13.2 Å². The van der Waals surface area contributed by atoms with Crippen LogP contribution in [0.4, 0.5) is 0 Å². The minimum absolute atomic E-state index is 0.0720. The molecule has 0 heterocycles. The first-order chi connectivity index (χ1) is 40.5. The second-order valence-electron chi connectivity index (χ2n) is 23.8. The Morgan fingerprint density at radius 3 is 0.744 bits per heavy atom. The van der Waals surface area contributed by atoms with Crippen LogP contribution in [-0.2, 0) is 28.6 Å². The summed E-state index contributed by atoms with van der Waals surface area (Å²) in [6, 6.07) is 0. The molecule has 0 aromatic rings. The molecular formula is C76H134O6. The highest BCUT2D eigenvalue weighted by atomic mass is 16.6. The Morgan fingerprint density at radius 1 is 0.256 bits per heavy atom. The predicted octanol–water partition coefficient (Wildman–Crippen LogP) is 24.6. The van der Waals surface area contributed by atoms with E-state index in [1.807, 2.05) is 0 Å². The average molecular weight is 1140 g/mol. The smallest absolute Gasteiger partial charge is 0.306 e. The Balaban J connectivity index is 4.06. The molecule has 0 radical (unpaired) electrons. The molecular weight excluding hydrogens is 1010 g/mol. The van der Waals surface area contributed by atoms with Crippen LogP contribution in [0.5, 0.6) is 0 Å². The number of carbonyl (C=O) groups is 3. The van der Waals surface area contributed by atoms with Crippen LogP contribution >= 0.6 is 0 Å². The molecule has 0 amide bonds. The van der Waals surface area contributed by atoms with E-state index in [9.17, 15) is 14.4 Å². The molecule has 0 saturated heterocycles. The van der Waals surface area contributed by atoms with Crippen LogP contribution < -0.4 is 0 Å². The number of hydrogen-bond donors (Lipinski definition) is 0. The van der Waals surface area contributed by atoms with Gasteiger partial charge in [0.2, 0.25) is 0 Å². The SMILES string of the molecule is CC/C=C\C/C=C\C/C=C\C/C=C\C/C=C\CCCCCCCCCCCCCCCCCCCC(=O)OCC(COC(=O)CCCCCCCCCC)OC(=O)CCCCCCCCCCCCC/C=C\C/C=C\CCCCCCC. The third-order valence-corrected chi connectivity index (χ3v) is 15.6. The van der Waals surface area contributed by atoms with Gasteiger partial charge in [-0.1, -0.05) is 331 Å². The van der Waals surface area contributed by atoms with Gasteiger partial charge in [-0.2, -0.15) is 0 Å². The Morgan fingerprint density at radius 2 is 0.476 bits per heavy atom. The van der Waals surface area contributed by atoms with E-state index in [0.717, 1.165) is 96.3 Å². The zero-order valence-corrected chi connectivity index (χ0v) is 54.5. The minimum Gasteiger partial charge on any atom is -0.462 e. The summed E-state index contributed by atoms with van der Waals surface area (Å²) in [7, 11) is 0. The molecule has 0 aromatic heterocycles. The minimum atomic E-state index is -0.774. The number of rotatable bonds is 65. The fraction of sp³-hybridized carbons (Fsp3) is 0.776. The summed E-state index contributed by atoms with van der Waals surface area (Å²) in [4.78, 5) is 38.2. The molecule has 0 fully saturated rings. The van der Waals surface area contributed by atoms with Crippen molar-refractivity contribution in [1.82, 2.24) is 0 Å². The molecule has 0 saturated carbocycles. The van der Waals surface area contributed by atoms with Crippen molar-refractivity contribution < 1.29 is 28.6 Å². The van der Waals surface area contributed by atoms with Gasteiger partial charge < -0.3 is 14.2 Å². The molecule has 6 nitrogen and oxygen atoms in total. The van der Waals surface area contributed by atoms with Crippen LogP contribution in [0.25, 0.3) is 0 Å². The Labute approximate surface area is 509 Å². The topological polar surface area (TPSA) is 78.9 Å². The van der Waals surface area contributed by atoms with Gasteiger partial charge in [0.15, 0.2) is 6.10 Å². The molecule has 474 valence electrons. The van der Waals surface area contributed by atoms with Gasteiger partial charge in [0.05, 0.1) is 0 Å². The van der Waals surface area contributed by atoms with E-state index < -0.39 is 6.10 Å². The van der Waals surface area contributed by atoms with Crippen molar-refractivity contribution in [2.24, 2.45) is 0 Å². The molecule has 0 aliphatic carbocycles. The van der Waals surface area contributed by atoms with Crippen molar-refractivity contribution in [3.8, 4) is 0 Å². The van der Waals surface area contributed by atoms with Gasteiger partial charge in [-0.15, -0.1) is 0 Å². The maximum absolute atomic E-state index is 12.9. The summed E-state index contributed by atoms with van der Waals surface area (Å²) >= 11 is 0. The predicted molar refractivity (Wildman–Crippen MR) is 358 cm³/mol. The number of allylic oxidation sites excluding steroid dienone is 14. The quantitative estimate of drug-likeness (QED) is 0.0261. The van der Waals surface area contributed by atoms with Crippen LogP contribution in [0.15, 0.2) is 85.1 Å². The molecule has 0 aliphatic rings. The summed E-state index contributed by atoms with van der Waals surface area (Å²) in [6.45, 7) is 6.53. The lowest BCUT2D eigenvalue weighted by Gasteiger charge is -2.18.